The third-order valence-corrected chi connectivity index (χ3v) is 5.81. The molecular formula is C22H25NOS. The summed E-state index contributed by atoms with van der Waals surface area (Å²) in [5, 5.41) is 0. The van der Waals surface area contributed by atoms with Gasteiger partial charge in [-0.1, -0.05) is 48.5 Å². The van der Waals surface area contributed by atoms with E-state index in [1.165, 1.54) is 5.56 Å². The van der Waals surface area contributed by atoms with Gasteiger partial charge < -0.3 is 4.90 Å². The van der Waals surface area contributed by atoms with Crippen molar-refractivity contribution >= 4 is 17.7 Å². The lowest BCUT2D eigenvalue weighted by molar-refractivity contribution is 0.0687. The molecule has 1 aliphatic heterocycles. The van der Waals surface area contributed by atoms with Gasteiger partial charge in [-0.15, -0.1) is 18.3 Å². The van der Waals surface area contributed by atoms with E-state index in [9.17, 15) is 4.79 Å². The predicted octanol–water partition coefficient (Wildman–Crippen LogP) is 5.06. The van der Waals surface area contributed by atoms with Crippen molar-refractivity contribution in [3.8, 4) is 0 Å². The summed E-state index contributed by atoms with van der Waals surface area (Å²) in [6, 6.07) is 18.6. The van der Waals surface area contributed by atoms with Crippen molar-refractivity contribution in [3.05, 3.63) is 78.4 Å². The smallest absolute Gasteiger partial charge is 0.254 e. The summed E-state index contributed by atoms with van der Waals surface area (Å²) in [4.78, 5) is 16.0. The Balaban J connectivity index is 1.59. The molecule has 130 valence electrons. The number of benzene rings is 2. The number of likely N-dealkylation sites (tertiary alicyclic amines) is 1. The molecule has 1 aliphatic rings. The molecule has 0 aromatic heterocycles. The van der Waals surface area contributed by atoms with Gasteiger partial charge in [-0.3, -0.25) is 4.79 Å². The zero-order valence-corrected chi connectivity index (χ0v) is 15.4. The number of rotatable bonds is 6. The van der Waals surface area contributed by atoms with E-state index in [1.54, 1.807) is 11.8 Å². The van der Waals surface area contributed by atoms with Gasteiger partial charge in [-0.25, -0.2) is 0 Å². The van der Waals surface area contributed by atoms with E-state index in [4.69, 9.17) is 0 Å². The summed E-state index contributed by atoms with van der Waals surface area (Å²) in [5.74, 6) is 1.67. The van der Waals surface area contributed by atoms with Crippen molar-refractivity contribution < 1.29 is 4.79 Å². The second kappa shape index (κ2) is 8.91. The van der Waals surface area contributed by atoms with Crippen LogP contribution in [0.4, 0.5) is 0 Å². The monoisotopic (exact) mass is 351 g/mol. The molecule has 0 aliphatic carbocycles. The molecule has 0 spiro atoms. The molecule has 3 rings (SSSR count). The first kappa shape index (κ1) is 17.8. The Bertz CT molecular complexity index is 705. The molecule has 0 saturated carbocycles. The summed E-state index contributed by atoms with van der Waals surface area (Å²) in [7, 11) is 0. The van der Waals surface area contributed by atoms with Gasteiger partial charge in [0.05, 0.1) is 5.56 Å². The number of hydrogen-bond acceptors (Lipinski definition) is 2. The highest BCUT2D eigenvalue weighted by atomic mass is 32.2. The fourth-order valence-corrected chi connectivity index (χ4v) is 4.16. The van der Waals surface area contributed by atoms with Gasteiger partial charge in [0.15, 0.2) is 0 Å². The topological polar surface area (TPSA) is 20.3 Å². The molecule has 0 bridgehead atoms. The maximum absolute atomic E-state index is 12.9. The van der Waals surface area contributed by atoms with Crippen LogP contribution in [-0.2, 0) is 6.42 Å². The summed E-state index contributed by atoms with van der Waals surface area (Å²) < 4.78 is 0. The van der Waals surface area contributed by atoms with Crippen molar-refractivity contribution in [2.45, 2.75) is 24.2 Å². The summed E-state index contributed by atoms with van der Waals surface area (Å²) in [6.07, 6.45) is 5.17. The number of amides is 1. The maximum Gasteiger partial charge on any atom is 0.254 e. The average molecular weight is 352 g/mol. The van der Waals surface area contributed by atoms with Gasteiger partial charge in [-0.2, -0.15) is 0 Å². The fourth-order valence-electron chi connectivity index (χ4n) is 3.38. The van der Waals surface area contributed by atoms with Crippen LogP contribution in [0.2, 0.25) is 0 Å². The van der Waals surface area contributed by atoms with Gasteiger partial charge in [0.1, 0.15) is 0 Å². The normalized spacial score (nSPS) is 15.1. The number of carbonyl (C=O) groups is 1. The molecule has 2 aromatic rings. The molecule has 1 heterocycles. The zero-order chi connectivity index (χ0) is 17.5. The summed E-state index contributed by atoms with van der Waals surface area (Å²) in [5.41, 5.74) is 2.23. The van der Waals surface area contributed by atoms with Crippen LogP contribution in [0.1, 0.15) is 28.8 Å². The highest BCUT2D eigenvalue weighted by Gasteiger charge is 2.25. The first-order chi connectivity index (χ1) is 12.3. The highest BCUT2D eigenvalue weighted by molar-refractivity contribution is 7.99. The van der Waals surface area contributed by atoms with E-state index in [-0.39, 0.29) is 5.91 Å². The van der Waals surface area contributed by atoms with Crippen LogP contribution in [0.5, 0.6) is 0 Å². The Labute approximate surface area is 154 Å². The van der Waals surface area contributed by atoms with E-state index >= 15 is 0 Å². The van der Waals surface area contributed by atoms with Crippen LogP contribution in [-0.4, -0.2) is 29.6 Å². The molecule has 2 aromatic carbocycles. The fraction of sp³-hybridized carbons (Fsp3) is 0.318. The maximum atomic E-state index is 12.9. The van der Waals surface area contributed by atoms with Gasteiger partial charge in [0.2, 0.25) is 0 Å². The molecule has 0 atom stereocenters. The number of thioether (sulfide) groups is 1. The van der Waals surface area contributed by atoms with Crippen LogP contribution >= 0.6 is 11.8 Å². The SMILES string of the molecule is C=CCSc1ccccc1C(=O)N1CCC(Cc2ccccc2)CC1. The van der Waals surface area contributed by atoms with Crippen LogP contribution in [0.15, 0.2) is 72.1 Å². The molecule has 1 fully saturated rings. The third kappa shape index (κ3) is 4.76. The zero-order valence-electron chi connectivity index (χ0n) is 14.6. The van der Waals surface area contributed by atoms with E-state index < -0.39 is 0 Å². The molecule has 1 saturated heterocycles. The lowest BCUT2D eigenvalue weighted by Gasteiger charge is -2.32. The van der Waals surface area contributed by atoms with Crippen molar-refractivity contribution in [1.82, 2.24) is 4.90 Å². The minimum Gasteiger partial charge on any atom is -0.339 e. The van der Waals surface area contributed by atoms with Crippen LogP contribution in [0.25, 0.3) is 0 Å². The largest absolute Gasteiger partial charge is 0.339 e. The predicted molar refractivity (Wildman–Crippen MR) is 106 cm³/mol. The van der Waals surface area contributed by atoms with Gasteiger partial charge in [0.25, 0.3) is 5.91 Å². The van der Waals surface area contributed by atoms with Crippen molar-refractivity contribution in [1.29, 1.82) is 0 Å². The number of piperidine rings is 1. The Morgan fingerprint density at radius 1 is 1.08 bits per heavy atom. The standard InChI is InChI=1S/C22H25NOS/c1-2-16-25-21-11-7-6-10-20(21)22(24)23-14-12-19(13-15-23)17-18-8-4-3-5-9-18/h2-11,19H,1,12-17H2. The minimum absolute atomic E-state index is 0.172. The molecule has 0 unspecified atom stereocenters. The lowest BCUT2D eigenvalue weighted by atomic mass is 9.90. The Morgan fingerprint density at radius 3 is 2.48 bits per heavy atom. The molecule has 25 heavy (non-hydrogen) atoms. The Hall–Kier alpha value is -2.00. The van der Waals surface area contributed by atoms with Gasteiger partial charge in [-0.05, 0) is 42.9 Å². The van der Waals surface area contributed by atoms with Crippen molar-refractivity contribution in [3.63, 3.8) is 0 Å². The van der Waals surface area contributed by atoms with Gasteiger partial charge in [0, 0.05) is 23.7 Å². The third-order valence-electron chi connectivity index (χ3n) is 4.74. The van der Waals surface area contributed by atoms with Crippen LogP contribution in [0, 0.1) is 5.92 Å². The summed E-state index contributed by atoms with van der Waals surface area (Å²) >= 11 is 1.68. The molecule has 3 heteroatoms. The quantitative estimate of drug-likeness (QED) is 0.535. The van der Waals surface area contributed by atoms with E-state index in [0.717, 1.165) is 48.6 Å². The minimum atomic E-state index is 0.172. The number of carbonyl (C=O) groups excluding carboxylic acids is 1. The average Bonchev–Trinajstić information content (AvgIpc) is 2.67. The second-order valence-electron chi connectivity index (χ2n) is 6.52. The first-order valence-corrected chi connectivity index (χ1v) is 9.92. The Kier molecular flexibility index (Phi) is 6.35. The molecule has 0 radical (unpaired) electrons. The van der Waals surface area contributed by atoms with Crippen molar-refractivity contribution in [2.24, 2.45) is 5.92 Å². The number of hydrogen-bond donors (Lipinski definition) is 0. The molecule has 2 nitrogen and oxygen atoms in total. The van der Waals surface area contributed by atoms with E-state index in [2.05, 4.69) is 36.9 Å². The van der Waals surface area contributed by atoms with Gasteiger partial charge >= 0.3 is 0 Å². The molecular weight excluding hydrogens is 326 g/mol. The summed E-state index contributed by atoms with van der Waals surface area (Å²) in [6.45, 7) is 5.48. The highest BCUT2D eigenvalue weighted by Crippen LogP contribution is 2.27. The Morgan fingerprint density at radius 2 is 1.76 bits per heavy atom. The van der Waals surface area contributed by atoms with Crippen LogP contribution < -0.4 is 0 Å². The van der Waals surface area contributed by atoms with Crippen LogP contribution in [0.3, 0.4) is 0 Å². The second-order valence-corrected chi connectivity index (χ2v) is 7.58. The molecule has 0 N–H and O–H groups in total. The van der Waals surface area contributed by atoms with E-state index in [1.807, 2.05) is 35.2 Å². The molecule has 1 amide bonds. The van der Waals surface area contributed by atoms with E-state index in [0.29, 0.717) is 5.92 Å². The number of nitrogens with zero attached hydrogens (tertiary/aromatic N) is 1. The van der Waals surface area contributed by atoms with Crippen molar-refractivity contribution in [2.75, 3.05) is 18.8 Å². The lowest BCUT2D eigenvalue weighted by Crippen LogP contribution is -2.39. The first-order valence-electron chi connectivity index (χ1n) is 8.94.